The fourth-order valence-electron chi connectivity index (χ4n) is 2.68. The normalized spacial score (nSPS) is 12.2. The van der Waals surface area contributed by atoms with Crippen molar-refractivity contribution in [1.82, 2.24) is 10.6 Å². The predicted molar refractivity (Wildman–Crippen MR) is 117 cm³/mol. The minimum Gasteiger partial charge on any atom is -0.445 e. The number of ether oxygens (including phenoxy) is 1. The summed E-state index contributed by atoms with van der Waals surface area (Å²) in [5.74, 6) is 0. The number of rotatable bonds is 7. The van der Waals surface area contributed by atoms with Crippen LogP contribution in [0.5, 0.6) is 0 Å². The number of thiocarbonyl (C=S) groups is 1. The van der Waals surface area contributed by atoms with Crippen molar-refractivity contribution in [1.29, 1.82) is 5.26 Å². The first kappa shape index (κ1) is 20.5. The quantitative estimate of drug-likeness (QED) is 0.531. The van der Waals surface area contributed by atoms with Gasteiger partial charge in [-0.3, -0.25) is 0 Å². The first-order valence-corrected chi connectivity index (χ1v) is 10.2. The molecule has 29 heavy (non-hydrogen) atoms. The summed E-state index contributed by atoms with van der Waals surface area (Å²) in [6, 6.07) is 23.5. The Bertz CT molecular complexity index is 970. The molecule has 0 aliphatic rings. The van der Waals surface area contributed by atoms with Gasteiger partial charge >= 0.3 is 6.09 Å². The standard InChI is InChI=1S/C22H19N3O2S2/c23-14-18(19-12-7-13-29-19)24-21(28)20(17-10-5-2-6-11-17)25-22(26)27-15-16-8-3-1-4-9-16/h1-13,18,20H,15H2,(H,24,28)(H,25,26). The zero-order valence-corrected chi connectivity index (χ0v) is 17.1. The zero-order valence-electron chi connectivity index (χ0n) is 15.4. The molecule has 3 rings (SSSR count). The van der Waals surface area contributed by atoms with Crippen LogP contribution in [0.3, 0.4) is 0 Å². The van der Waals surface area contributed by atoms with Gasteiger partial charge < -0.3 is 15.4 Å². The highest BCUT2D eigenvalue weighted by Crippen LogP contribution is 2.21. The molecule has 3 aromatic rings. The maximum absolute atomic E-state index is 12.4. The minimum absolute atomic E-state index is 0.157. The second kappa shape index (κ2) is 10.4. The third kappa shape index (κ3) is 5.88. The van der Waals surface area contributed by atoms with Crippen LogP contribution in [0.1, 0.15) is 28.1 Å². The molecule has 0 bridgehead atoms. The van der Waals surface area contributed by atoms with E-state index in [-0.39, 0.29) is 6.61 Å². The highest BCUT2D eigenvalue weighted by molar-refractivity contribution is 7.80. The molecule has 1 aromatic heterocycles. The van der Waals surface area contributed by atoms with E-state index in [1.807, 2.05) is 78.2 Å². The van der Waals surface area contributed by atoms with Crippen LogP contribution in [0, 0.1) is 11.3 Å². The lowest BCUT2D eigenvalue weighted by Gasteiger charge is -2.22. The fraction of sp³-hybridized carbons (Fsp3) is 0.136. The molecular formula is C22H19N3O2S2. The molecule has 0 spiro atoms. The van der Waals surface area contributed by atoms with Crippen LogP contribution >= 0.6 is 23.6 Å². The number of nitriles is 1. The summed E-state index contributed by atoms with van der Waals surface area (Å²) in [6.07, 6.45) is -0.587. The molecule has 2 N–H and O–H groups in total. The Morgan fingerprint density at radius 3 is 2.34 bits per heavy atom. The van der Waals surface area contributed by atoms with Crippen LogP contribution in [0.25, 0.3) is 0 Å². The molecule has 0 aliphatic heterocycles. The molecule has 146 valence electrons. The summed E-state index contributed by atoms with van der Waals surface area (Å²) in [5.41, 5.74) is 1.69. The van der Waals surface area contributed by atoms with Crippen molar-refractivity contribution in [3.63, 3.8) is 0 Å². The van der Waals surface area contributed by atoms with Gasteiger partial charge in [0.1, 0.15) is 23.7 Å². The van der Waals surface area contributed by atoms with E-state index >= 15 is 0 Å². The molecule has 1 heterocycles. The van der Waals surface area contributed by atoms with Gasteiger partial charge in [-0.2, -0.15) is 5.26 Å². The Balaban J connectivity index is 1.70. The number of hydrogen-bond donors (Lipinski definition) is 2. The van der Waals surface area contributed by atoms with E-state index in [9.17, 15) is 10.1 Å². The molecule has 0 fully saturated rings. The van der Waals surface area contributed by atoms with E-state index in [4.69, 9.17) is 17.0 Å². The maximum Gasteiger partial charge on any atom is 0.408 e. The van der Waals surface area contributed by atoms with E-state index in [2.05, 4.69) is 16.7 Å². The van der Waals surface area contributed by atoms with Gasteiger partial charge in [-0.25, -0.2) is 4.79 Å². The van der Waals surface area contributed by atoms with Crippen LogP contribution in [0.2, 0.25) is 0 Å². The number of carbonyl (C=O) groups excluding carboxylic acids is 1. The van der Waals surface area contributed by atoms with E-state index in [0.717, 1.165) is 16.0 Å². The van der Waals surface area contributed by atoms with E-state index < -0.39 is 18.2 Å². The molecule has 2 atom stereocenters. The van der Waals surface area contributed by atoms with Crippen LogP contribution < -0.4 is 10.6 Å². The number of alkyl carbamates (subject to hydrolysis) is 1. The number of nitrogens with one attached hydrogen (secondary N) is 2. The van der Waals surface area contributed by atoms with Crippen LogP contribution in [-0.2, 0) is 11.3 Å². The van der Waals surface area contributed by atoms with Crippen LogP contribution in [0.15, 0.2) is 78.2 Å². The van der Waals surface area contributed by atoms with Crippen LogP contribution in [-0.4, -0.2) is 11.1 Å². The second-order valence-electron chi connectivity index (χ2n) is 6.14. The summed E-state index contributed by atoms with van der Waals surface area (Å²) in [4.78, 5) is 13.6. The average Bonchev–Trinajstić information content (AvgIpc) is 3.30. The Hall–Kier alpha value is -3.21. The third-order valence-electron chi connectivity index (χ3n) is 4.11. The van der Waals surface area contributed by atoms with Crippen LogP contribution in [0.4, 0.5) is 4.79 Å². The van der Waals surface area contributed by atoms with Gasteiger partial charge in [0, 0.05) is 4.88 Å². The van der Waals surface area contributed by atoms with Crippen molar-refractivity contribution in [2.75, 3.05) is 0 Å². The number of benzene rings is 2. The molecule has 0 radical (unpaired) electrons. The van der Waals surface area contributed by atoms with Crippen molar-refractivity contribution >= 4 is 34.6 Å². The van der Waals surface area contributed by atoms with Gasteiger partial charge in [-0.1, -0.05) is 78.9 Å². The topological polar surface area (TPSA) is 74.2 Å². The molecule has 0 saturated carbocycles. The number of thiophene rings is 1. The van der Waals surface area contributed by atoms with E-state index in [1.165, 1.54) is 11.3 Å². The number of carbonyl (C=O) groups is 1. The maximum atomic E-state index is 12.4. The first-order valence-electron chi connectivity index (χ1n) is 8.93. The Morgan fingerprint density at radius 1 is 1.03 bits per heavy atom. The van der Waals surface area contributed by atoms with Gasteiger partial charge in [0.15, 0.2) is 0 Å². The van der Waals surface area contributed by atoms with Gasteiger partial charge in [0.2, 0.25) is 0 Å². The molecular weight excluding hydrogens is 402 g/mol. The van der Waals surface area contributed by atoms with Gasteiger partial charge in [0.05, 0.1) is 6.07 Å². The van der Waals surface area contributed by atoms with Gasteiger partial charge in [0.25, 0.3) is 0 Å². The molecule has 2 aromatic carbocycles. The van der Waals surface area contributed by atoms with Crippen molar-refractivity contribution < 1.29 is 9.53 Å². The lowest BCUT2D eigenvalue weighted by Crippen LogP contribution is -2.40. The molecule has 0 saturated heterocycles. The highest BCUT2D eigenvalue weighted by Gasteiger charge is 2.23. The minimum atomic E-state index is -0.620. The zero-order chi connectivity index (χ0) is 20.5. The lowest BCUT2D eigenvalue weighted by molar-refractivity contribution is 0.138. The molecule has 1 amide bonds. The monoisotopic (exact) mass is 421 g/mol. The molecule has 2 unspecified atom stereocenters. The summed E-state index contributed by atoms with van der Waals surface area (Å²) >= 11 is 7.01. The second-order valence-corrected chi connectivity index (χ2v) is 7.55. The smallest absolute Gasteiger partial charge is 0.408 e. The molecule has 0 aliphatic carbocycles. The van der Waals surface area contributed by atoms with E-state index in [1.54, 1.807) is 0 Å². The molecule has 7 heteroatoms. The summed E-state index contributed by atoms with van der Waals surface area (Å²) in [6.45, 7) is 0.157. The fourth-order valence-corrected chi connectivity index (χ4v) is 3.71. The van der Waals surface area contributed by atoms with Gasteiger partial charge in [-0.05, 0) is 22.6 Å². The summed E-state index contributed by atoms with van der Waals surface area (Å²) < 4.78 is 5.33. The third-order valence-corrected chi connectivity index (χ3v) is 5.40. The highest BCUT2D eigenvalue weighted by atomic mass is 32.1. The Kier molecular flexibility index (Phi) is 7.34. The number of amides is 1. The lowest BCUT2D eigenvalue weighted by atomic mass is 10.1. The SMILES string of the molecule is N#CC(NC(=S)C(NC(=O)OCc1ccccc1)c1ccccc1)c1cccs1. The number of hydrogen-bond acceptors (Lipinski definition) is 5. The van der Waals surface area contributed by atoms with Crippen molar-refractivity contribution in [2.24, 2.45) is 0 Å². The Morgan fingerprint density at radius 2 is 1.72 bits per heavy atom. The average molecular weight is 422 g/mol. The Labute approximate surface area is 179 Å². The summed E-state index contributed by atoms with van der Waals surface area (Å²) in [5, 5.41) is 17.3. The van der Waals surface area contributed by atoms with Crippen molar-refractivity contribution in [3.05, 3.63) is 94.2 Å². The van der Waals surface area contributed by atoms with E-state index in [0.29, 0.717) is 4.99 Å². The summed E-state index contributed by atoms with van der Waals surface area (Å²) in [7, 11) is 0. The largest absolute Gasteiger partial charge is 0.445 e. The van der Waals surface area contributed by atoms with Gasteiger partial charge in [-0.15, -0.1) is 11.3 Å². The first-order chi connectivity index (χ1) is 14.2. The predicted octanol–water partition coefficient (Wildman–Crippen LogP) is 4.90. The molecule has 5 nitrogen and oxygen atoms in total. The van der Waals surface area contributed by atoms with Crippen molar-refractivity contribution in [3.8, 4) is 6.07 Å². The number of nitrogens with zero attached hydrogens (tertiary/aromatic N) is 1. The van der Waals surface area contributed by atoms with Crippen molar-refractivity contribution in [2.45, 2.75) is 18.7 Å².